The number of aromatic nitrogens is 1. The van der Waals surface area contributed by atoms with E-state index in [9.17, 15) is 0 Å². The topological polar surface area (TPSA) is 41.9 Å². The molecule has 2 aliphatic carbocycles. The molecule has 3 aliphatic rings. The number of allylic oxidation sites excluding steroid dienone is 3. The van der Waals surface area contributed by atoms with Gasteiger partial charge in [0.15, 0.2) is 0 Å². The van der Waals surface area contributed by atoms with Crippen LogP contribution in [0.5, 0.6) is 0 Å². The Morgan fingerprint density at radius 1 is 0.837 bits per heavy atom. The van der Waals surface area contributed by atoms with Gasteiger partial charge < -0.3 is 9.73 Å². The molecule has 1 N–H and O–H groups in total. The van der Waals surface area contributed by atoms with Gasteiger partial charge in [0.2, 0.25) is 0 Å². The van der Waals surface area contributed by atoms with Crippen molar-refractivity contribution in [1.82, 2.24) is 4.40 Å². The van der Waals surface area contributed by atoms with Crippen LogP contribution in [-0.4, -0.2) is 16.2 Å². The molecule has 1 unspecified atom stereocenters. The molecule has 202 valence electrons. The van der Waals surface area contributed by atoms with E-state index in [4.69, 9.17) is 9.41 Å². The zero-order chi connectivity index (χ0) is 27.8. The van der Waals surface area contributed by atoms with Crippen molar-refractivity contribution in [2.45, 2.75) is 18.9 Å². The van der Waals surface area contributed by atoms with Gasteiger partial charge in [0.1, 0.15) is 22.8 Å². The van der Waals surface area contributed by atoms with Gasteiger partial charge in [-0.05, 0) is 78.6 Å². The summed E-state index contributed by atoms with van der Waals surface area (Å²) in [7, 11) is 0. The predicted molar refractivity (Wildman–Crippen MR) is 182 cm³/mol. The molecule has 4 aromatic heterocycles. The highest BCUT2D eigenvalue weighted by Gasteiger charge is 2.30. The fourth-order valence-electron chi connectivity index (χ4n) is 7.71. The van der Waals surface area contributed by atoms with Gasteiger partial charge in [0.25, 0.3) is 0 Å². The standard InChI is InChI=1S/C38H23N3OS/c1-5-11-30-23(8-1)35-31(42-30)15-14-29-34(35)25-18-21(20-13-16-33-24(17-20)22-7-2-6-12-32(22)43-33)19-26-36-38(41(29)37(25)26)40-28-10-4-3-9-27(28)39-36/h2-7,9-19,28,40H,1,8H2. The van der Waals surface area contributed by atoms with Gasteiger partial charge in [-0.25, -0.2) is 4.99 Å². The van der Waals surface area contributed by atoms with Gasteiger partial charge in [-0.15, -0.1) is 11.3 Å². The third-order valence-electron chi connectivity index (χ3n) is 9.58. The Labute approximate surface area is 249 Å². The monoisotopic (exact) mass is 569 g/mol. The average molecular weight is 570 g/mol. The first-order valence-electron chi connectivity index (χ1n) is 14.9. The highest BCUT2D eigenvalue weighted by Crippen LogP contribution is 2.50. The van der Waals surface area contributed by atoms with E-state index < -0.39 is 0 Å². The molecule has 8 aromatic rings. The third kappa shape index (κ3) is 2.83. The summed E-state index contributed by atoms with van der Waals surface area (Å²) < 4.78 is 11.5. The average Bonchev–Trinajstić information content (AvgIpc) is 3.79. The van der Waals surface area contributed by atoms with Crippen molar-refractivity contribution in [2.24, 2.45) is 4.99 Å². The Morgan fingerprint density at radius 3 is 2.74 bits per heavy atom. The molecule has 0 amide bonds. The van der Waals surface area contributed by atoms with E-state index in [1.54, 1.807) is 0 Å². The van der Waals surface area contributed by atoms with Crippen molar-refractivity contribution >= 4 is 93.0 Å². The quantitative estimate of drug-likeness (QED) is 0.214. The number of furan rings is 1. The molecule has 4 nitrogen and oxygen atoms in total. The van der Waals surface area contributed by atoms with Crippen LogP contribution < -0.4 is 5.32 Å². The maximum absolute atomic E-state index is 6.42. The molecule has 0 spiro atoms. The molecule has 0 bridgehead atoms. The minimum atomic E-state index is 0.0647. The molecular weight excluding hydrogens is 547 g/mol. The lowest BCUT2D eigenvalue weighted by molar-refractivity contribution is 0.595. The number of fused-ring (bicyclic) bond motifs is 14. The fourth-order valence-corrected chi connectivity index (χ4v) is 8.79. The smallest absolute Gasteiger partial charge is 0.138 e. The Bertz CT molecular complexity index is 2660. The predicted octanol–water partition coefficient (Wildman–Crippen LogP) is 10.4. The van der Waals surface area contributed by atoms with Gasteiger partial charge in [-0.3, -0.25) is 4.40 Å². The molecule has 0 saturated heterocycles. The third-order valence-corrected chi connectivity index (χ3v) is 10.7. The number of anilines is 1. The van der Waals surface area contributed by atoms with Gasteiger partial charge in [0, 0.05) is 47.3 Å². The lowest BCUT2D eigenvalue weighted by Gasteiger charge is -2.23. The van der Waals surface area contributed by atoms with Crippen LogP contribution in [0.3, 0.4) is 0 Å². The number of rotatable bonds is 1. The number of aliphatic imine (C=N–C) groups is 1. The molecule has 0 saturated carbocycles. The van der Waals surface area contributed by atoms with Crippen LogP contribution in [0.15, 0.2) is 107 Å². The Hall–Kier alpha value is -5.13. The molecule has 0 radical (unpaired) electrons. The zero-order valence-electron chi connectivity index (χ0n) is 23.0. The maximum Gasteiger partial charge on any atom is 0.138 e. The minimum Gasteiger partial charge on any atom is -0.456 e. The zero-order valence-corrected chi connectivity index (χ0v) is 23.8. The first-order chi connectivity index (χ1) is 21.3. The number of benzene rings is 4. The summed E-state index contributed by atoms with van der Waals surface area (Å²) in [5, 5.41) is 11.5. The molecule has 1 aliphatic heterocycles. The van der Waals surface area contributed by atoms with E-state index in [0.29, 0.717) is 0 Å². The van der Waals surface area contributed by atoms with Crippen molar-refractivity contribution in [1.29, 1.82) is 0 Å². The summed E-state index contributed by atoms with van der Waals surface area (Å²) in [6, 6.07) is 24.9. The molecule has 5 heterocycles. The number of thiophene rings is 1. The second-order valence-corrected chi connectivity index (χ2v) is 13.0. The molecule has 0 fully saturated rings. The summed E-state index contributed by atoms with van der Waals surface area (Å²) in [6.07, 6.45) is 14.9. The highest BCUT2D eigenvalue weighted by atomic mass is 32.1. The Morgan fingerprint density at radius 2 is 1.74 bits per heavy atom. The Balaban J connectivity index is 1.29. The number of hydrogen-bond donors (Lipinski definition) is 1. The van der Waals surface area contributed by atoms with E-state index in [-0.39, 0.29) is 6.04 Å². The molecule has 11 rings (SSSR count). The van der Waals surface area contributed by atoms with E-state index in [1.807, 2.05) is 11.3 Å². The first-order valence-corrected chi connectivity index (χ1v) is 15.7. The van der Waals surface area contributed by atoms with Crippen LogP contribution in [-0.2, 0) is 6.42 Å². The van der Waals surface area contributed by atoms with Crippen molar-refractivity contribution in [2.75, 3.05) is 5.32 Å². The summed E-state index contributed by atoms with van der Waals surface area (Å²) in [5.74, 6) is 2.07. The Kier molecular flexibility index (Phi) is 4.09. The summed E-state index contributed by atoms with van der Waals surface area (Å²) in [6.45, 7) is 0. The van der Waals surface area contributed by atoms with E-state index in [0.717, 1.165) is 41.4 Å². The van der Waals surface area contributed by atoms with Gasteiger partial charge in [-0.2, -0.15) is 0 Å². The van der Waals surface area contributed by atoms with Crippen LogP contribution >= 0.6 is 11.3 Å². The lowest BCUT2D eigenvalue weighted by Crippen LogP contribution is -2.30. The van der Waals surface area contributed by atoms with Crippen LogP contribution in [0.4, 0.5) is 11.5 Å². The van der Waals surface area contributed by atoms with Crippen LogP contribution in [0.1, 0.15) is 17.7 Å². The first kappa shape index (κ1) is 22.5. The number of nitrogens with zero attached hydrogens (tertiary/aromatic N) is 2. The van der Waals surface area contributed by atoms with Gasteiger partial charge in [0.05, 0.1) is 22.8 Å². The largest absolute Gasteiger partial charge is 0.456 e. The van der Waals surface area contributed by atoms with Crippen molar-refractivity contribution in [3.63, 3.8) is 0 Å². The fraction of sp³-hybridized carbons (Fsp3) is 0.0789. The van der Waals surface area contributed by atoms with Crippen LogP contribution in [0.2, 0.25) is 0 Å². The molecular formula is C38H23N3OS. The lowest BCUT2D eigenvalue weighted by atomic mass is 9.95. The number of aryl methyl sites for hydroxylation is 1. The van der Waals surface area contributed by atoms with E-state index in [1.165, 1.54) is 69.4 Å². The van der Waals surface area contributed by atoms with Gasteiger partial charge >= 0.3 is 0 Å². The van der Waals surface area contributed by atoms with Crippen LogP contribution in [0.25, 0.3) is 75.5 Å². The van der Waals surface area contributed by atoms with Gasteiger partial charge in [-0.1, -0.05) is 48.6 Å². The molecule has 5 heteroatoms. The van der Waals surface area contributed by atoms with E-state index >= 15 is 0 Å². The second kappa shape index (κ2) is 7.82. The van der Waals surface area contributed by atoms with Crippen molar-refractivity contribution < 1.29 is 4.42 Å². The maximum atomic E-state index is 6.42. The summed E-state index contributed by atoms with van der Waals surface area (Å²) >= 11 is 1.86. The number of nitrogens with one attached hydrogen (secondary N) is 1. The minimum absolute atomic E-state index is 0.0647. The summed E-state index contributed by atoms with van der Waals surface area (Å²) in [4.78, 5) is 5.27. The summed E-state index contributed by atoms with van der Waals surface area (Å²) in [5.41, 5.74) is 9.23. The highest BCUT2D eigenvalue weighted by molar-refractivity contribution is 7.25. The van der Waals surface area contributed by atoms with Crippen molar-refractivity contribution in [3.05, 3.63) is 108 Å². The molecule has 43 heavy (non-hydrogen) atoms. The molecule has 4 aromatic carbocycles. The second-order valence-electron chi connectivity index (χ2n) is 11.9. The number of hydrogen-bond acceptors (Lipinski definition) is 4. The molecule has 1 atom stereocenters. The SMILES string of the molecule is C1=CC2=Nc3c(n4c5ccc6oc7c(c6c5c5cc(-c6ccc8sc9ccccc9c8c6)cc3c54)CCC=C7)NC2C=C1. The normalized spacial score (nSPS) is 17.4. The van der Waals surface area contributed by atoms with Crippen molar-refractivity contribution in [3.8, 4) is 11.1 Å². The van der Waals surface area contributed by atoms with E-state index in [2.05, 4.69) is 113 Å². The van der Waals surface area contributed by atoms with Crippen LogP contribution in [0, 0.1) is 0 Å².